The van der Waals surface area contributed by atoms with Gasteiger partial charge < -0.3 is 9.67 Å². The number of rotatable bonds is 8. The van der Waals surface area contributed by atoms with Crippen LogP contribution in [0.4, 0.5) is 0 Å². The van der Waals surface area contributed by atoms with Gasteiger partial charge in [0.2, 0.25) is 0 Å². The van der Waals surface area contributed by atoms with Gasteiger partial charge in [-0.05, 0) is 93.2 Å². The maximum atomic E-state index is 12.6. The number of para-hydroxylation sites is 4. The van der Waals surface area contributed by atoms with Gasteiger partial charge in [-0.2, -0.15) is 0 Å². The van der Waals surface area contributed by atoms with Gasteiger partial charge in [0.05, 0.1) is 39.0 Å². The summed E-state index contributed by atoms with van der Waals surface area (Å²) in [5, 5.41) is 14.9. The Labute approximate surface area is 411 Å². The molecule has 0 aliphatic heterocycles. The van der Waals surface area contributed by atoms with E-state index in [1.807, 2.05) is 6.20 Å². The van der Waals surface area contributed by atoms with Crippen LogP contribution < -0.4 is 0 Å². The van der Waals surface area contributed by atoms with Crippen molar-refractivity contribution in [2.45, 2.75) is 71.6 Å². The van der Waals surface area contributed by atoms with Crippen molar-refractivity contribution in [3.8, 4) is 62.0 Å². The SMILES string of the molecule is CC(C)(C)c1cc(-c2nc3c(-c4cc(-c5nccc6c7ccccc7n(-c7ccccc7)c56)cc(C(C)(C)c5ccccc5)c4)cccc3n2-c2ccccc2-c2ccccc2)c(O)c(C(C)(C)C)c1. The molecule has 0 atom stereocenters. The van der Waals surface area contributed by atoms with E-state index < -0.39 is 0 Å². The molecule has 0 aliphatic carbocycles. The van der Waals surface area contributed by atoms with Crippen LogP contribution >= 0.6 is 0 Å². The van der Waals surface area contributed by atoms with Crippen molar-refractivity contribution in [3.63, 3.8) is 0 Å². The van der Waals surface area contributed by atoms with E-state index in [-0.39, 0.29) is 22.0 Å². The van der Waals surface area contributed by atoms with Crippen LogP contribution in [0.15, 0.2) is 200 Å². The zero-order valence-corrected chi connectivity index (χ0v) is 41.3. The van der Waals surface area contributed by atoms with Crippen molar-refractivity contribution in [1.82, 2.24) is 19.1 Å². The summed E-state index contributed by atoms with van der Waals surface area (Å²) in [7, 11) is 0. The molecule has 0 saturated heterocycles. The Morgan fingerprint density at radius 2 is 1.07 bits per heavy atom. The molecule has 5 nitrogen and oxygen atoms in total. The summed E-state index contributed by atoms with van der Waals surface area (Å²) in [6.07, 6.45) is 1.96. The topological polar surface area (TPSA) is 55.9 Å². The zero-order valence-electron chi connectivity index (χ0n) is 41.3. The number of nitrogens with zero attached hydrogens (tertiary/aromatic N) is 4. The van der Waals surface area contributed by atoms with Crippen molar-refractivity contribution in [1.29, 1.82) is 0 Å². The fourth-order valence-corrected chi connectivity index (χ4v) is 10.4. The molecule has 1 N–H and O–H groups in total. The van der Waals surface area contributed by atoms with Crippen molar-refractivity contribution >= 4 is 32.8 Å². The lowest BCUT2D eigenvalue weighted by Crippen LogP contribution is -2.19. The highest BCUT2D eigenvalue weighted by atomic mass is 16.3. The molecule has 0 radical (unpaired) electrons. The van der Waals surface area contributed by atoms with Crippen LogP contribution in [0.3, 0.4) is 0 Å². The first-order valence-electron chi connectivity index (χ1n) is 24.4. The number of phenolic OH excluding ortho intramolecular Hbond substituents is 1. The third-order valence-corrected chi connectivity index (χ3v) is 14.3. The fourth-order valence-electron chi connectivity index (χ4n) is 10.4. The molecule has 5 heteroatoms. The predicted molar refractivity (Wildman–Crippen MR) is 293 cm³/mol. The number of hydrogen-bond donors (Lipinski definition) is 1. The quantitative estimate of drug-likeness (QED) is 0.165. The summed E-state index contributed by atoms with van der Waals surface area (Å²) in [6, 6.07) is 69.1. The summed E-state index contributed by atoms with van der Waals surface area (Å²) in [5.74, 6) is 0.928. The van der Waals surface area contributed by atoms with E-state index in [2.05, 4.69) is 259 Å². The largest absolute Gasteiger partial charge is 0.507 e. The van der Waals surface area contributed by atoms with Gasteiger partial charge in [-0.15, -0.1) is 0 Å². The third-order valence-electron chi connectivity index (χ3n) is 14.3. The molecular weight excluding hydrogens is 853 g/mol. The molecule has 11 rings (SSSR count). The molecule has 0 spiro atoms. The molecule has 0 unspecified atom stereocenters. The van der Waals surface area contributed by atoms with Crippen LogP contribution in [0.5, 0.6) is 5.75 Å². The highest BCUT2D eigenvalue weighted by Crippen LogP contribution is 2.47. The van der Waals surface area contributed by atoms with Crippen molar-refractivity contribution < 1.29 is 5.11 Å². The smallest absolute Gasteiger partial charge is 0.149 e. The monoisotopic (exact) mass is 910 g/mol. The molecular formula is C65H58N4O. The van der Waals surface area contributed by atoms with E-state index in [1.165, 1.54) is 10.9 Å². The first kappa shape index (κ1) is 44.5. The number of aromatic nitrogens is 4. The summed E-state index contributed by atoms with van der Waals surface area (Å²) < 4.78 is 4.64. The van der Waals surface area contributed by atoms with Crippen molar-refractivity contribution in [2.24, 2.45) is 0 Å². The van der Waals surface area contributed by atoms with Gasteiger partial charge in [0, 0.05) is 50.3 Å². The molecule has 3 heterocycles. The molecule has 0 bridgehead atoms. The average Bonchev–Trinajstić information content (AvgIpc) is 3.93. The second-order valence-electron chi connectivity index (χ2n) is 21.3. The predicted octanol–water partition coefficient (Wildman–Crippen LogP) is 16.8. The van der Waals surface area contributed by atoms with E-state index in [1.54, 1.807) is 0 Å². The van der Waals surface area contributed by atoms with Crippen LogP contribution in [-0.4, -0.2) is 24.2 Å². The standard InChI is InChI=1S/C65H58N4O/c1-63(2,3)46-40-53(61(70)54(41-46)64(4,5)6)62-67-59-50(31-22-34-57(59)69(62)55-32-20-18-29-49(55)42-23-12-9-13-24-42)43-37-44(39-47(38-43)65(7,8)45-25-14-10-15-26-45)58-60-52(35-36-66-58)51-30-19-21-33-56(51)68(60)48-27-16-11-17-28-48/h9-41,70H,1-8H3. The van der Waals surface area contributed by atoms with Gasteiger partial charge in [0.25, 0.3) is 0 Å². The maximum absolute atomic E-state index is 12.6. The van der Waals surface area contributed by atoms with Crippen LogP contribution in [0.2, 0.25) is 0 Å². The van der Waals surface area contributed by atoms with Crippen molar-refractivity contribution in [2.75, 3.05) is 0 Å². The van der Waals surface area contributed by atoms with E-state index >= 15 is 0 Å². The summed E-state index contributed by atoms with van der Waals surface area (Å²) in [4.78, 5) is 11.0. The molecule has 0 saturated carbocycles. The zero-order chi connectivity index (χ0) is 48.5. The van der Waals surface area contributed by atoms with Gasteiger partial charge in [-0.25, -0.2) is 4.98 Å². The second kappa shape index (κ2) is 16.9. The Kier molecular flexibility index (Phi) is 10.7. The highest BCUT2D eigenvalue weighted by molar-refractivity contribution is 6.13. The maximum Gasteiger partial charge on any atom is 0.149 e. The Hall–Kier alpha value is -8.02. The molecule has 70 heavy (non-hydrogen) atoms. The van der Waals surface area contributed by atoms with E-state index in [9.17, 15) is 5.11 Å². The molecule has 8 aromatic carbocycles. The molecule has 11 aromatic rings. The average molecular weight is 911 g/mol. The minimum absolute atomic E-state index is 0.197. The Balaban J connectivity index is 1.24. The number of fused-ring (bicyclic) bond motifs is 4. The number of phenols is 1. The first-order valence-corrected chi connectivity index (χ1v) is 24.4. The van der Waals surface area contributed by atoms with Crippen LogP contribution in [-0.2, 0) is 16.2 Å². The molecule has 344 valence electrons. The first-order chi connectivity index (χ1) is 33.7. The summed E-state index contributed by atoms with van der Waals surface area (Å²) in [6.45, 7) is 17.8. The lowest BCUT2D eigenvalue weighted by Gasteiger charge is -2.27. The minimum Gasteiger partial charge on any atom is -0.507 e. The van der Waals surface area contributed by atoms with E-state index in [4.69, 9.17) is 9.97 Å². The van der Waals surface area contributed by atoms with Crippen LogP contribution in [0.1, 0.15) is 77.6 Å². The summed E-state index contributed by atoms with van der Waals surface area (Å²) in [5.41, 5.74) is 16.3. The second-order valence-corrected chi connectivity index (χ2v) is 21.3. The van der Waals surface area contributed by atoms with E-state index in [0.717, 1.165) is 89.0 Å². The number of imidazole rings is 1. The van der Waals surface area contributed by atoms with Gasteiger partial charge in [-0.3, -0.25) is 9.55 Å². The molecule has 0 fully saturated rings. The number of pyridine rings is 1. The lowest BCUT2D eigenvalue weighted by molar-refractivity contribution is 0.446. The third kappa shape index (κ3) is 7.57. The number of benzene rings is 8. The van der Waals surface area contributed by atoms with Gasteiger partial charge in [0.15, 0.2) is 0 Å². The highest BCUT2D eigenvalue weighted by Gasteiger charge is 2.31. The van der Waals surface area contributed by atoms with Gasteiger partial charge in [0.1, 0.15) is 11.6 Å². The minimum atomic E-state index is -0.387. The number of hydrogen-bond acceptors (Lipinski definition) is 3. The van der Waals surface area contributed by atoms with Crippen LogP contribution in [0, 0.1) is 0 Å². The Morgan fingerprint density at radius 1 is 0.443 bits per heavy atom. The molecule has 0 amide bonds. The summed E-state index contributed by atoms with van der Waals surface area (Å²) >= 11 is 0. The van der Waals surface area contributed by atoms with Crippen LogP contribution in [0.25, 0.3) is 89.1 Å². The Morgan fingerprint density at radius 3 is 1.80 bits per heavy atom. The fraction of sp³-hybridized carbons (Fsp3) is 0.169. The van der Waals surface area contributed by atoms with Gasteiger partial charge >= 0.3 is 0 Å². The normalized spacial score (nSPS) is 12.3. The Bertz CT molecular complexity index is 3750. The molecule has 3 aromatic heterocycles. The lowest BCUT2D eigenvalue weighted by atomic mass is 9.76. The molecule has 0 aliphatic rings. The van der Waals surface area contributed by atoms with E-state index in [0.29, 0.717) is 11.4 Å². The number of aromatic hydroxyl groups is 1. The van der Waals surface area contributed by atoms with Crippen molar-refractivity contribution in [3.05, 3.63) is 223 Å². The van der Waals surface area contributed by atoms with Gasteiger partial charge in [-0.1, -0.05) is 195 Å².